The lowest BCUT2D eigenvalue weighted by molar-refractivity contribution is 0.688. The van der Waals surface area contributed by atoms with E-state index < -0.39 is 0 Å². The monoisotopic (exact) mass is 265 g/mol. The van der Waals surface area contributed by atoms with Gasteiger partial charge in [0, 0.05) is 13.1 Å². The molecule has 0 bridgehead atoms. The molecule has 0 atom stereocenters. The molecule has 2 aromatic rings. The summed E-state index contributed by atoms with van der Waals surface area (Å²) in [5, 5.41) is 3.56. The number of hydrogen-bond acceptors (Lipinski definition) is 1. The number of aryl methyl sites for hydroxylation is 1. The van der Waals surface area contributed by atoms with Gasteiger partial charge in [-0.2, -0.15) is 0 Å². The van der Waals surface area contributed by atoms with Gasteiger partial charge in [-0.3, -0.25) is 0 Å². The average molecular weight is 265 g/mol. The van der Waals surface area contributed by atoms with E-state index in [4.69, 9.17) is 0 Å². The van der Waals surface area contributed by atoms with Crippen LogP contribution in [0, 0.1) is 0 Å². The normalized spacial score (nSPS) is 14.4. The Balaban J connectivity index is 1.54. The Kier molecular flexibility index (Phi) is 4.17. The van der Waals surface area contributed by atoms with Gasteiger partial charge < -0.3 is 5.32 Å². The molecule has 1 heteroatoms. The van der Waals surface area contributed by atoms with E-state index in [9.17, 15) is 0 Å². The molecule has 0 heterocycles. The highest BCUT2D eigenvalue weighted by atomic mass is 14.8. The fourth-order valence-electron chi connectivity index (χ4n) is 2.74. The number of hydrogen-bond donors (Lipinski definition) is 1. The van der Waals surface area contributed by atoms with Crippen molar-refractivity contribution in [1.29, 1.82) is 0 Å². The van der Waals surface area contributed by atoms with Crippen molar-refractivity contribution in [3.63, 3.8) is 0 Å². The van der Waals surface area contributed by atoms with Gasteiger partial charge in [0.25, 0.3) is 0 Å². The Morgan fingerprint density at radius 1 is 0.900 bits per heavy atom. The van der Waals surface area contributed by atoms with Crippen molar-refractivity contribution in [2.24, 2.45) is 0 Å². The second kappa shape index (κ2) is 6.23. The number of benzene rings is 2. The van der Waals surface area contributed by atoms with Gasteiger partial charge in [-0.05, 0) is 47.4 Å². The predicted molar refractivity (Wildman–Crippen MR) is 84.8 cm³/mol. The van der Waals surface area contributed by atoms with E-state index in [2.05, 4.69) is 60.8 Å². The van der Waals surface area contributed by atoms with Crippen LogP contribution in [0.15, 0.2) is 48.5 Å². The summed E-state index contributed by atoms with van der Waals surface area (Å²) in [6.45, 7) is 4.12. The SMILES string of the molecule is CCc1ccccc1CNCc1ccc(C2CC2)cc1. The number of nitrogens with one attached hydrogen (secondary N) is 1. The molecule has 0 unspecified atom stereocenters. The molecule has 1 fully saturated rings. The fraction of sp³-hybridized carbons (Fsp3) is 0.368. The van der Waals surface area contributed by atoms with Crippen LogP contribution >= 0.6 is 0 Å². The summed E-state index contributed by atoms with van der Waals surface area (Å²) in [7, 11) is 0. The third-order valence-electron chi connectivity index (χ3n) is 4.17. The second-order valence-corrected chi connectivity index (χ2v) is 5.74. The maximum absolute atomic E-state index is 3.56. The van der Waals surface area contributed by atoms with E-state index in [-0.39, 0.29) is 0 Å². The molecule has 1 aliphatic carbocycles. The highest BCUT2D eigenvalue weighted by Crippen LogP contribution is 2.39. The fourth-order valence-corrected chi connectivity index (χ4v) is 2.74. The first kappa shape index (κ1) is 13.4. The van der Waals surface area contributed by atoms with Crippen molar-refractivity contribution in [2.75, 3.05) is 0 Å². The Bertz CT molecular complexity index is 552. The van der Waals surface area contributed by atoms with Gasteiger partial charge in [0.15, 0.2) is 0 Å². The third-order valence-corrected chi connectivity index (χ3v) is 4.17. The first-order valence-electron chi connectivity index (χ1n) is 7.73. The minimum Gasteiger partial charge on any atom is -0.309 e. The largest absolute Gasteiger partial charge is 0.309 e. The summed E-state index contributed by atoms with van der Waals surface area (Å²) >= 11 is 0. The van der Waals surface area contributed by atoms with Crippen molar-refractivity contribution in [3.8, 4) is 0 Å². The van der Waals surface area contributed by atoms with E-state index >= 15 is 0 Å². The lowest BCUT2D eigenvalue weighted by Gasteiger charge is -2.09. The maximum atomic E-state index is 3.56. The molecule has 0 aromatic heterocycles. The molecular weight excluding hydrogens is 242 g/mol. The first-order chi connectivity index (χ1) is 9.86. The Labute approximate surface area is 122 Å². The summed E-state index contributed by atoms with van der Waals surface area (Å²) < 4.78 is 0. The Hall–Kier alpha value is -1.60. The molecule has 0 amide bonds. The molecule has 0 radical (unpaired) electrons. The van der Waals surface area contributed by atoms with Gasteiger partial charge in [-0.15, -0.1) is 0 Å². The zero-order valence-electron chi connectivity index (χ0n) is 12.2. The van der Waals surface area contributed by atoms with E-state index in [1.54, 1.807) is 0 Å². The van der Waals surface area contributed by atoms with Crippen LogP contribution in [0.4, 0.5) is 0 Å². The molecule has 0 aliphatic heterocycles. The van der Waals surface area contributed by atoms with E-state index in [0.29, 0.717) is 0 Å². The summed E-state index contributed by atoms with van der Waals surface area (Å²) in [6, 6.07) is 17.8. The summed E-state index contributed by atoms with van der Waals surface area (Å²) in [5.74, 6) is 0.855. The van der Waals surface area contributed by atoms with Crippen LogP contribution in [0.2, 0.25) is 0 Å². The smallest absolute Gasteiger partial charge is 0.0211 e. The zero-order chi connectivity index (χ0) is 13.8. The maximum Gasteiger partial charge on any atom is 0.0211 e. The quantitative estimate of drug-likeness (QED) is 0.815. The lowest BCUT2D eigenvalue weighted by atomic mass is 10.1. The average Bonchev–Trinajstić information content (AvgIpc) is 3.33. The van der Waals surface area contributed by atoms with Crippen LogP contribution in [0.5, 0.6) is 0 Å². The van der Waals surface area contributed by atoms with Crippen LogP contribution in [0.3, 0.4) is 0 Å². The first-order valence-corrected chi connectivity index (χ1v) is 7.73. The molecule has 1 aliphatic rings. The molecule has 2 aromatic carbocycles. The van der Waals surface area contributed by atoms with Gasteiger partial charge >= 0.3 is 0 Å². The lowest BCUT2D eigenvalue weighted by Crippen LogP contribution is -2.13. The van der Waals surface area contributed by atoms with Gasteiger partial charge in [-0.25, -0.2) is 0 Å². The molecular formula is C19H23N. The van der Waals surface area contributed by atoms with Crippen LogP contribution in [0.25, 0.3) is 0 Å². The molecule has 20 heavy (non-hydrogen) atoms. The minimum absolute atomic E-state index is 0.855. The summed E-state index contributed by atoms with van der Waals surface area (Å²) in [5.41, 5.74) is 5.77. The molecule has 1 nitrogen and oxygen atoms in total. The Morgan fingerprint density at radius 2 is 1.60 bits per heavy atom. The van der Waals surface area contributed by atoms with E-state index in [1.807, 2.05) is 0 Å². The molecule has 1 N–H and O–H groups in total. The minimum atomic E-state index is 0.855. The van der Waals surface area contributed by atoms with Crippen molar-refractivity contribution in [1.82, 2.24) is 5.32 Å². The van der Waals surface area contributed by atoms with Crippen molar-refractivity contribution >= 4 is 0 Å². The van der Waals surface area contributed by atoms with E-state index in [0.717, 1.165) is 25.4 Å². The molecule has 1 saturated carbocycles. The van der Waals surface area contributed by atoms with Crippen molar-refractivity contribution in [2.45, 2.75) is 45.2 Å². The van der Waals surface area contributed by atoms with Crippen LogP contribution in [0.1, 0.15) is 47.9 Å². The topological polar surface area (TPSA) is 12.0 Å². The van der Waals surface area contributed by atoms with Gasteiger partial charge in [-0.1, -0.05) is 55.5 Å². The number of rotatable bonds is 6. The summed E-state index contributed by atoms with van der Waals surface area (Å²) in [6.07, 6.45) is 3.87. The van der Waals surface area contributed by atoms with Crippen molar-refractivity contribution < 1.29 is 0 Å². The predicted octanol–water partition coefficient (Wildman–Crippen LogP) is 4.42. The van der Waals surface area contributed by atoms with Gasteiger partial charge in [0.2, 0.25) is 0 Å². The highest BCUT2D eigenvalue weighted by Gasteiger charge is 2.22. The van der Waals surface area contributed by atoms with Crippen molar-refractivity contribution in [3.05, 3.63) is 70.8 Å². The molecule has 0 spiro atoms. The highest BCUT2D eigenvalue weighted by molar-refractivity contribution is 5.29. The summed E-state index contributed by atoms with van der Waals surface area (Å²) in [4.78, 5) is 0. The van der Waals surface area contributed by atoms with Crippen LogP contribution in [-0.2, 0) is 19.5 Å². The standard InChI is InChI=1S/C19H23N/c1-2-16-5-3-4-6-19(16)14-20-13-15-7-9-17(10-8-15)18-11-12-18/h3-10,18,20H,2,11-14H2,1H3. The van der Waals surface area contributed by atoms with Gasteiger partial charge in [0.05, 0.1) is 0 Å². The van der Waals surface area contributed by atoms with Gasteiger partial charge in [0.1, 0.15) is 0 Å². The molecule has 104 valence electrons. The van der Waals surface area contributed by atoms with Crippen LogP contribution in [-0.4, -0.2) is 0 Å². The second-order valence-electron chi connectivity index (χ2n) is 5.74. The zero-order valence-corrected chi connectivity index (χ0v) is 12.2. The molecule has 3 rings (SSSR count). The van der Waals surface area contributed by atoms with E-state index in [1.165, 1.54) is 35.1 Å². The third kappa shape index (κ3) is 3.29. The van der Waals surface area contributed by atoms with Crippen LogP contribution < -0.4 is 5.32 Å². The molecule has 0 saturated heterocycles. The Morgan fingerprint density at radius 3 is 2.25 bits per heavy atom.